The van der Waals surface area contributed by atoms with Crippen LogP contribution in [0.1, 0.15) is 21.5 Å². The van der Waals surface area contributed by atoms with E-state index in [4.69, 9.17) is 23.2 Å². The van der Waals surface area contributed by atoms with E-state index in [0.717, 1.165) is 11.1 Å². The molecule has 2 aromatic carbocycles. The summed E-state index contributed by atoms with van der Waals surface area (Å²) in [5, 5.41) is 0. The quantitative estimate of drug-likeness (QED) is 0.453. The molecular weight excluding hydrogens is 323 g/mol. The van der Waals surface area contributed by atoms with Gasteiger partial charge in [-0.2, -0.15) is 9.98 Å². The lowest BCUT2D eigenvalue weighted by molar-refractivity contribution is 0.564. The fourth-order valence-electron chi connectivity index (χ4n) is 2.14. The standard InChI is InChI=1S/C16H10Cl2N2O2/c17-16(18)13-6-3-5-12(15(13)20-10-22)8-11-4-1-2-7-14(11)19-9-21/h1-7,16H,8H2. The van der Waals surface area contributed by atoms with Gasteiger partial charge in [0.15, 0.2) is 0 Å². The first-order valence-corrected chi connectivity index (χ1v) is 7.18. The zero-order valence-corrected chi connectivity index (χ0v) is 12.8. The SMILES string of the molecule is O=C=Nc1ccccc1Cc1cccc(C(Cl)Cl)c1N=C=O. The number of para-hydroxylation sites is 2. The number of carbonyl (C=O) groups excluding carboxylic acids is 2. The van der Waals surface area contributed by atoms with E-state index in [2.05, 4.69) is 9.98 Å². The third-order valence-electron chi connectivity index (χ3n) is 3.08. The summed E-state index contributed by atoms with van der Waals surface area (Å²) >= 11 is 11.8. The van der Waals surface area contributed by atoms with Crippen molar-refractivity contribution in [3.8, 4) is 0 Å². The highest BCUT2D eigenvalue weighted by molar-refractivity contribution is 6.44. The average molecular weight is 333 g/mol. The van der Waals surface area contributed by atoms with Gasteiger partial charge in [0.1, 0.15) is 4.84 Å². The van der Waals surface area contributed by atoms with Crippen LogP contribution in [-0.4, -0.2) is 12.2 Å². The molecule has 0 heterocycles. The number of rotatable bonds is 5. The Morgan fingerprint density at radius 2 is 1.59 bits per heavy atom. The number of nitrogens with zero attached hydrogens (tertiary/aromatic N) is 2. The first kappa shape index (κ1) is 16.2. The molecule has 0 bridgehead atoms. The van der Waals surface area contributed by atoms with Gasteiger partial charge in [-0.1, -0.05) is 59.6 Å². The Hall–Kier alpha value is -2.22. The Morgan fingerprint density at radius 3 is 2.27 bits per heavy atom. The van der Waals surface area contributed by atoms with Crippen molar-refractivity contribution >= 4 is 46.7 Å². The highest BCUT2D eigenvalue weighted by atomic mass is 35.5. The lowest BCUT2D eigenvalue weighted by Crippen LogP contribution is -1.93. The van der Waals surface area contributed by atoms with Gasteiger partial charge in [0.2, 0.25) is 12.2 Å². The Labute approximate surface area is 137 Å². The molecule has 22 heavy (non-hydrogen) atoms. The molecular formula is C16H10Cl2N2O2. The molecule has 0 unspecified atom stereocenters. The minimum Gasteiger partial charge on any atom is -0.211 e. The maximum absolute atomic E-state index is 10.7. The highest BCUT2D eigenvalue weighted by Crippen LogP contribution is 2.36. The lowest BCUT2D eigenvalue weighted by atomic mass is 9.99. The first-order chi connectivity index (χ1) is 10.7. The zero-order valence-electron chi connectivity index (χ0n) is 11.3. The van der Waals surface area contributed by atoms with Crippen LogP contribution in [0.15, 0.2) is 52.4 Å². The molecule has 0 N–H and O–H groups in total. The summed E-state index contributed by atoms with van der Waals surface area (Å²) in [6.07, 6.45) is 3.46. The van der Waals surface area contributed by atoms with Gasteiger partial charge in [-0.3, -0.25) is 0 Å². The van der Waals surface area contributed by atoms with E-state index < -0.39 is 4.84 Å². The maximum atomic E-state index is 10.7. The third kappa shape index (κ3) is 3.70. The summed E-state index contributed by atoms with van der Waals surface area (Å²) in [7, 11) is 0. The van der Waals surface area contributed by atoms with E-state index in [1.165, 1.54) is 12.2 Å². The number of hydrogen-bond acceptors (Lipinski definition) is 4. The first-order valence-electron chi connectivity index (χ1n) is 6.31. The predicted molar refractivity (Wildman–Crippen MR) is 85.7 cm³/mol. The van der Waals surface area contributed by atoms with Gasteiger partial charge in [-0.25, -0.2) is 9.59 Å². The third-order valence-corrected chi connectivity index (χ3v) is 3.55. The van der Waals surface area contributed by atoms with Crippen LogP contribution in [0.5, 0.6) is 0 Å². The molecule has 0 radical (unpaired) electrons. The van der Waals surface area contributed by atoms with Gasteiger partial charge in [0.05, 0.1) is 11.4 Å². The van der Waals surface area contributed by atoms with Crippen molar-refractivity contribution in [2.45, 2.75) is 11.3 Å². The zero-order chi connectivity index (χ0) is 15.9. The topological polar surface area (TPSA) is 58.9 Å². The monoisotopic (exact) mass is 332 g/mol. The number of halogens is 2. The largest absolute Gasteiger partial charge is 0.240 e. The second-order valence-electron chi connectivity index (χ2n) is 4.37. The molecule has 0 aliphatic heterocycles. The van der Waals surface area contributed by atoms with E-state index in [1.54, 1.807) is 30.3 Å². The fraction of sp³-hybridized carbons (Fsp3) is 0.125. The summed E-state index contributed by atoms with van der Waals surface area (Å²) in [5.74, 6) is 0. The molecule has 0 spiro atoms. The molecule has 0 amide bonds. The molecule has 6 heteroatoms. The number of alkyl halides is 2. The van der Waals surface area contributed by atoms with Crippen LogP contribution in [0.4, 0.5) is 11.4 Å². The van der Waals surface area contributed by atoms with Gasteiger partial charge < -0.3 is 0 Å². The molecule has 0 aliphatic carbocycles. The highest BCUT2D eigenvalue weighted by Gasteiger charge is 2.14. The smallest absolute Gasteiger partial charge is 0.211 e. The Bertz CT molecular complexity index is 777. The molecule has 0 aliphatic rings. The second kappa shape index (κ2) is 7.69. The van der Waals surface area contributed by atoms with Crippen LogP contribution in [0.2, 0.25) is 0 Å². The summed E-state index contributed by atoms with van der Waals surface area (Å²) in [6, 6.07) is 12.4. The minimum absolute atomic E-state index is 0.386. The molecule has 2 aromatic rings. The van der Waals surface area contributed by atoms with Crippen molar-refractivity contribution in [2.24, 2.45) is 9.98 Å². The second-order valence-corrected chi connectivity index (χ2v) is 5.46. The summed E-state index contributed by atoms with van der Waals surface area (Å²) in [5.41, 5.74) is 2.96. The van der Waals surface area contributed by atoms with Crippen molar-refractivity contribution in [1.82, 2.24) is 0 Å². The normalized spacial score (nSPS) is 9.95. The Kier molecular flexibility index (Phi) is 5.65. The van der Waals surface area contributed by atoms with Crippen molar-refractivity contribution in [3.05, 3.63) is 59.2 Å². The summed E-state index contributed by atoms with van der Waals surface area (Å²) in [4.78, 5) is 27.7. The van der Waals surface area contributed by atoms with E-state index in [9.17, 15) is 9.59 Å². The summed E-state index contributed by atoms with van der Waals surface area (Å²) in [6.45, 7) is 0. The number of hydrogen-bond donors (Lipinski definition) is 0. The van der Waals surface area contributed by atoms with E-state index in [1.807, 2.05) is 12.1 Å². The molecule has 0 fully saturated rings. The van der Waals surface area contributed by atoms with E-state index >= 15 is 0 Å². The van der Waals surface area contributed by atoms with Crippen molar-refractivity contribution in [1.29, 1.82) is 0 Å². The van der Waals surface area contributed by atoms with Crippen LogP contribution in [0.3, 0.4) is 0 Å². The number of isocyanates is 2. The molecule has 0 saturated carbocycles. The molecule has 2 rings (SSSR count). The summed E-state index contributed by atoms with van der Waals surface area (Å²) < 4.78 is 0. The molecule has 4 nitrogen and oxygen atoms in total. The average Bonchev–Trinajstić information content (AvgIpc) is 2.51. The van der Waals surface area contributed by atoms with Crippen LogP contribution in [0, 0.1) is 0 Å². The van der Waals surface area contributed by atoms with Crippen LogP contribution < -0.4 is 0 Å². The molecule has 0 aromatic heterocycles. The van der Waals surface area contributed by atoms with Crippen molar-refractivity contribution in [2.75, 3.05) is 0 Å². The molecule has 0 saturated heterocycles. The molecule has 110 valence electrons. The van der Waals surface area contributed by atoms with Crippen LogP contribution >= 0.6 is 23.2 Å². The van der Waals surface area contributed by atoms with Crippen LogP contribution in [0.25, 0.3) is 0 Å². The van der Waals surface area contributed by atoms with Gasteiger partial charge in [-0.15, -0.1) is 0 Å². The maximum Gasteiger partial charge on any atom is 0.240 e. The minimum atomic E-state index is -0.810. The van der Waals surface area contributed by atoms with Gasteiger partial charge in [0, 0.05) is 12.0 Å². The van der Waals surface area contributed by atoms with Gasteiger partial charge >= 0.3 is 0 Å². The number of benzene rings is 2. The van der Waals surface area contributed by atoms with Crippen molar-refractivity contribution < 1.29 is 9.59 Å². The van der Waals surface area contributed by atoms with Crippen molar-refractivity contribution in [3.63, 3.8) is 0 Å². The molecule has 0 atom stereocenters. The lowest BCUT2D eigenvalue weighted by Gasteiger charge is -2.11. The van der Waals surface area contributed by atoms with E-state index in [0.29, 0.717) is 23.4 Å². The number of aliphatic imine (C=N–C) groups is 2. The Balaban J connectivity index is 2.52. The van der Waals surface area contributed by atoms with E-state index in [-0.39, 0.29) is 0 Å². The fourth-order valence-corrected chi connectivity index (χ4v) is 2.49. The van der Waals surface area contributed by atoms with Gasteiger partial charge in [-0.05, 0) is 17.2 Å². The van der Waals surface area contributed by atoms with Gasteiger partial charge in [0.25, 0.3) is 0 Å². The van der Waals surface area contributed by atoms with Crippen LogP contribution in [-0.2, 0) is 16.0 Å². The predicted octanol–water partition coefficient (Wildman–Crippen LogP) is 4.69. The Morgan fingerprint density at radius 1 is 0.909 bits per heavy atom.